The summed E-state index contributed by atoms with van der Waals surface area (Å²) < 4.78 is 28.9. The number of benzene rings is 3. The van der Waals surface area contributed by atoms with Crippen LogP contribution in [0.5, 0.6) is 0 Å². The first-order chi connectivity index (χ1) is 13.8. The van der Waals surface area contributed by atoms with Crippen molar-refractivity contribution in [3.05, 3.63) is 84.1 Å². The van der Waals surface area contributed by atoms with Crippen molar-refractivity contribution in [3.63, 3.8) is 0 Å². The Morgan fingerprint density at radius 3 is 2.14 bits per heavy atom. The van der Waals surface area contributed by atoms with Gasteiger partial charge in [0.25, 0.3) is 0 Å². The van der Waals surface area contributed by atoms with E-state index in [1.807, 2.05) is 56.3 Å². The molecule has 1 aromatic heterocycles. The lowest BCUT2D eigenvalue weighted by Gasteiger charge is -2.14. The minimum atomic E-state index is -3.83. The lowest BCUT2D eigenvalue weighted by molar-refractivity contribution is 0.422. The molecular weight excluding hydrogens is 384 g/mol. The predicted octanol–water partition coefficient (Wildman–Crippen LogP) is 4.94. The summed E-state index contributed by atoms with van der Waals surface area (Å²) in [5, 5.41) is 9.42. The van der Waals surface area contributed by atoms with Gasteiger partial charge in [0.1, 0.15) is 12.0 Å². The van der Waals surface area contributed by atoms with Gasteiger partial charge in [0.2, 0.25) is 10.0 Å². The fourth-order valence-electron chi connectivity index (χ4n) is 3.37. The maximum absolute atomic E-state index is 12.0. The van der Waals surface area contributed by atoms with Crippen LogP contribution in [0.1, 0.15) is 11.1 Å². The molecule has 0 amide bonds. The van der Waals surface area contributed by atoms with Crippen molar-refractivity contribution < 1.29 is 12.9 Å². The average Bonchev–Trinajstić information content (AvgIpc) is 3.22. The number of sulfonamides is 1. The number of aryl methyl sites for hydroxylation is 2. The first-order valence-corrected chi connectivity index (χ1v) is 10.6. The summed E-state index contributed by atoms with van der Waals surface area (Å²) in [4.78, 5) is 0.0767. The molecule has 2 N–H and O–H groups in total. The Kier molecular flexibility index (Phi) is 4.82. The maximum Gasteiger partial charge on any atom is 0.238 e. The SMILES string of the molecule is Cc1ccc(-c2ccc(S(N)(=O)=O)cc2-c2cc(C)cc(-c3ccon3)c2)cc1. The van der Waals surface area contributed by atoms with Crippen molar-refractivity contribution in [2.45, 2.75) is 18.7 Å². The van der Waals surface area contributed by atoms with E-state index in [0.717, 1.165) is 44.6 Å². The van der Waals surface area contributed by atoms with Crippen LogP contribution in [-0.4, -0.2) is 13.6 Å². The smallest absolute Gasteiger partial charge is 0.238 e. The monoisotopic (exact) mass is 404 g/mol. The summed E-state index contributed by atoms with van der Waals surface area (Å²) in [6.07, 6.45) is 1.52. The standard InChI is InChI=1S/C23H20N2O3S/c1-15-3-5-17(6-4-15)21-8-7-20(29(24,26)27)14-22(21)18-11-16(2)12-19(13-18)23-9-10-28-25-23/h3-14H,1-2H3,(H2,24,26,27). The summed E-state index contributed by atoms with van der Waals surface area (Å²) in [6.45, 7) is 4.02. The van der Waals surface area contributed by atoms with Gasteiger partial charge in [-0.2, -0.15) is 0 Å². The second-order valence-electron chi connectivity index (χ2n) is 7.09. The summed E-state index contributed by atoms with van der Waals surface area (Å²) in [5.74, 6) is 0. The third-order valence-corrected chi connectivity index (χ3v) is 5.72. The molecule has 0 aliphatic heterocycles. The molecule has 0 bridgehead atoms. The number of hydrogen-bond donors (Lipinski definition) is 1. The Morgan fingerprint density at radius 1 is 0.759 bits per heavy atom. The Balaban J connectivity index is 1.97. The third kappa shape index (κ3) is 3.99. The molecule has 0 aliphatic carbocycles. The van der Waals surface area contributed by atoms with Gasteiger partial charge in [-0.05, 0) is 65.9 Å². The highest BCUT2D eigenvalue weighted by molar-refractivity contribution is 7.89. The van der Waals surface area contributed by atoms with E-state index in [1.54, 1.807) is 24.3 Å². The van der Waals surface area contributed by atoms with Crippen LogP contribution < -0.4 is 5.14 Å². The van der Waals surface area contributed by atoms with Gasteiger partial charge in [-0.15, -0.1) is 0 Å². The molecule has 0 spiro atoms. The number of primary sulfonamides is 1. The van der Waals surface area contributed by atoms with Gasteiger partial charge in [-0.1, -0.05) is 47.1 Å². The van der Waals surface area contributed by atoms with Crippen LogP contribution >= 0.6 is 0 Å². The molecule has 0 saturated carbocycles. The molecular formula is C23H20N2O3S. The first-order valence-electron chi connectivity index (χ1n) is 9.08. The third-order valence-electron chi connectivity index (χ3n) is 4.80. The molecule has 0 atom stereocenters. The molecule has 0 fully saturated rings. The van der Waals surface area contributed by atoms with Gasteiger partial charge < -0.3 is 4.52 Å². The molecule has 3 aromatic carbocycles. The summed E-state index contributed by atoms with van der Waals surface area (Å²) in [6, 6.07) is 20.9. The van der Waals surface area contributed by atoms with Gasteiger partial charge in [0.05, 0.1) is 4.90 Å². The average molecular weight is 404 g/mol. The van der Waals surface area contributed by atoms with E-state index < -0.39 is 10.0 Å². The topological polar surface area (TPSA) is 86.2 Å². The molecule has 0 unspecified atom stereocenters. The minimum absolute atomic E-state index is 0.0767. The zero-order valence-electron chi connectivity index (χ0n) is 16.1. The zero-order valence-corrected chi connectivity index (χ0v) is 16.9. The highest BCUT2D eigenvalue weighted by Gasteiger charge is 2.15. The number of rotatable bonds is 4. The quantitative estimate of drug-likeness (QED) is 0.522. The Hall–Kier alpha value is -3.22. The number of nitrogens with zero attached hydrogens (tertiary/aromatic N) is 1. The van der Waals surface area contributed by atoms with E-state index in [2.05, 4.69) is 5.16 Å². The van der Waals surface area contributed by atoms with Crippen LogP contribution in [-0.2, 0) is 10.0 Å². The molecule has 0 aliphatic rings. The Bertz CT molecular complexity index is 1280. The summed E-state index contributed by atoms with van der Waals surface area (Å²) in [7, 11) is -3.83. The molecule has 146 valence electrons. The Morgan fingerprint density at radius 2 is 1.48 bits per heavy atom. The summed E-state index contributed by atoms with van der Waals surface area (Å²) >= 11 is 0. The van der Waals surface area contributed by atoms with E-state index in [-0.39, 0.29) is 4.90 Å². The second-order valence-corrected chi connectivity index (χ2v) is 8.65. The fraction of sp³-hybridized carbons (Fsp3) is 0.0870. The molecule has 29 heavy (non-hydrogen) atoms. The van der Waals surface area contributed by atoms with Gasteiger partial charge >= 0.3 is 0 Å². The molecule has 4 aromatic rings. The van der Waals surface area contributed by atoms with Gasteiger partial charge in [-0.3, -0.25) is 0 Å². The first kappa shape index (κ1) is 19.1. The lowest BCUT2D eigenvalue weighted by Crippen LogP contribution is -2.12. The zero-order chi connectivity index (χ0) is 20.6. The van der Waals surface area contributed by atoms with E-state index in [9.17, 15) is 8.42 Å². The van der Waals surface area contributed by atoms with E-state index >= 15 is 0 Å². The molecule has 4 rings (SSSR count). The predicted molar refractivity (Wildman–Crippen MR) is 114 cm³/mol. The molecule has 0 radical (unpaired) electrons. The fourth-order valence-corrected chi connectivity index (χ4v) is 3.91. The molecule has 1 heterocycles. The van der Waals surface area contributed by atoms with Crippen LogP contribution in [0.25, 0.3) is 33.5 Å². The second kappa shape index (κ2) is 7.31. The van der Waals surface area contributed by atoms with E-state index in [4.69, 9.17) is 9.66 Å². The van der Waals surface area contributed by atoms with Crippen molar-refractivity contribution in [1.29, 1.82) is 0 Å². The molecule has 0 saturated heterocycles. The van der Waals surface area contributed by atoms with Crippen LogP contribution in [0.15, 0.2) is 82.4 Å². The van der Waals surface area contributed by atoms with E-state index in [1.165, 1.54) is 6.26 Å². The maximum atomic E-state index is 12.0. The van der Waals surface area contributed by atoms with Crippen LogP contribution in [0.3, 0.4) is 0 Å². The molecule has 5 nitrogen and oxygen atoms in total. The largest absolute Gasteiger partial charge is 0.364 e. The van der Waals surface area contributed by atoms with Crippen LogP contribution in [0.4, 0.5) is 0 Å². The van der Waals surface area contributed by atoms with Crippen molar-refractivity contribution >= 4 is 10.0 Å². The number of nitrogens with two attached hydrogens (primary N) is 1. The lowest BCUT2D eigenvalue weighted by atomic mass is 9.92. The van der Waals surface area contributed by atoms with Crippen molar-refractivity contribution in [2.24, 2.45) is 5.14 Å². The van der Waals surface area contributed by atoms with Crippen molar-refractivity contribution in [2.75, 3.05) is 0 Å². The van der Waals surface area contributed by atoms with Crippen molar-refractivity contribution in [1.82, 2.24) is 5.16 Å². The number of aromatic nitrogens is 1. The van der Waals surface area contributed by atoms with Gasteiger partial charge in [0, 0.05) is 11.6 Å². The Labute approximate surface area is 169 Å². The van der Waals surface area contributed by atoms with E-state index in [0.29, 0.717) is 0 Å². The molecule has 6 heteroatoms. The normalized spacial score (nSPS) is 11.6. The minimum Gasteiger partial charge on any atom is -0.364 e. The van der Waals surface area contributed by atoms with Gasteiger partial charge in [0.15, 0.2) is 0 Å². The highest BCUT2D eigenvalue weighted by atomic mass is 32.2. The van der Waals surface area contributed by atoms with Crippen LogP contribution in [0.2, 0.25) is 0 Å². The van der Waals surface area contributed by atoms with Crippen LogP contribution in [0, 0.1) is 13.8 Å². The highest BCUT2D eigenvalue weighted by Crippen LogP contribution is 2.36. The number of hydrogen-bond acceptors (Lipinski definition) is 4. The van der Waals surface area contributed by atoms with Gasteiger partial charge in [-0.25, -0.2) is 13.6 Å². The summed E-state index contributed by atoms with van der Waals surface area (Å²) in [5.41, 5.74) is 7.37. The van der Waals surface area contributed by atoms with Crippen molar-refractivity contribution in [3.8, 4) is 33.5 Å².